The Bertz CT molecular complexity index is 1220. The van der Waals surface area contributed by atoms with Gasteiger partial charge in [-0.1, -0.05) is 30.3 Å². The van der Waals surface area contributed by atoms with E-state index in [0.717, 1.165) is 10.9 Å². The van der Waals surface area contributed by atoms with Gasteiger partial charge in [-0.3, -0.25) is 14.4 Å². The van der Waals surface area contributed by atoms with E-state index < -0.39 is 11.7 Å². The zero-order chi connectivity index (χ0) is 23.2. The maximum atomic E-state index is 12.8. The number of likely N-dealkylation sites (tertiary alicyclic amines) is 1. The monoisotopic (exact) mass is 447 g/mol. The molecule has 0 unspecified atom stereocenters. The quantitative estimate of drug-likeness (QED) is 0.541. The number of amides is 3. The summed E-state index contributed by atoms with van der Waals surface area (Å²) in [5.41, 5.74) is 1.45. The third-order valence-electron chi connectivity index (χ3n) is 5.69. The molecule has 1 atom stereocenters. The summed E-state index contributed by atoms with van der Waals surface area (Å²) in [5, 5.41) is 6.21. The van der Waals surface area contributed by atoms with Crippen molar-refractivity contribution in [2.75, 3.05) is 18.4 Å². The van der Waals surface area contributed by atoms with Gasteiger partial charge in [0.05, 0.1) is 6.54 Å². The Morgan fingerprint density at radius 1 is 1.03 bits per heavy atom. The van der Waals surface area contributed by atoms with Crippen LogP contribution in [0.25, 0.3) is 11.0 Å². The standard InChI is InChI=1S/C25H25N3O5/c29-22(12-8-17-5-2-1-3-6-17)26-16-23(30)28-14-4-7-20(28)25(32)27-19-11-9-18-10-13-24(31)33-21(18)15-19/h1-3,5-6,9-11,13,15,20H,4,7-8,12,14,16H2,(H,26,29)(H,27,32)/t20-/m0/s1. The number of benzene rings is 2. The Morgan fingerprint density at radius 3 is 2.64 bits per heavy atom. The van der Waals surface area contributed by atoms with Gasteiger partial charge in [0.1, 0.15) is 11.6 Å². The van der Waals surface area contributed by atoms with Crippen molar-refractivity contribution in [2.45, 2.75) is 31.7 Å². The number of carbonyl (C=O) groups excluding carboxylic acids is 3. The van der Waals surface area contributed by atoms with Gasteiger partial charge in [0.15, 0.2) is 0 Å². The van der Waals surface area contributed by atoms with Gasteiger partial charge in [0.2, 0.25) is 17.7 Å². The molecule has 4 rings (SSSR count). The highest BCUT2D eigenvalue weighted by Crippen LogP contribution is 2.21. The molecule has 0 aliphatic carbocycles. The topological polar surface area (TPSA) is 109 Å². The van der Waals surface area contributed by atoms with E-state index in [-0.39, 0.29) is 24.3 Å². The Balaban J connectivity index is 1.31. The van der Waals surface area contributed by atoms with Crippen LogP contribution < -0.4 is 16.3 Å². The molecule has 0 bridgehead atoms. The van der Waals surface area contributed by atoms with Crippen LogP contribution in [0.2, 0.25) is 0 Å². The van der Waals surface area contributed by atoms with Crippen LogP contribution in [0.5, 0.6) is 0 Å². The summed E-state index contributed by atoms with van der Waals surface area (Å²) in [6.07, 6.45) is 2.14. The van der Waals surface area contributed by atoms with E-state index in [0.29, 0.717) is 43.5 Å². The van der Waals surface area contributed by atoms with Crippen molar-refractivity contribution in [2.24, 2.45) is 0 Å². The summed E-state index contributed by atoms with van der Waals surface area (Å²) in [6.45, 7) is 0.321. The van der Waals surface area contributed by atoms with Crippen molar-refractivity contribution in [3.63, 3.8) is 0 Å². The number of rotatable bonds is 7. The zero-order valence-corrected chi connectivity index (χ0v) is 18.1. The summed E-state index contributed by atoms with van der Waals surface area (Å²) in [7, 11) is 0. The molecule has 1 fully saturated rings. The summed E-state index contributed by atoms with van der Waals surface area (Å²) in [6, 6.07) is 17.1. The first-order valence-corrected chi connectivity index (χ1v) is 10.9. The number of fused-ring (bicyclic) bond motifs is 1. The number of nitrogens with zero attached hydrogens (tertiary/aromatic N) is 1. The average molecular weight is 447 g/mol. The van der Waals surface area contributed by atoms with Gasteiger partial charge >= 0.3 is 5.63 Å². The van der Waals surface area contributed by atoms with E-state index in [1.165, 1.54) is 11.0 Å². The lowest BCUT2D eigenvalue weighted by molar-refractivity contribution is -0.137. The second-order valence-electron chi connectivity index (χ2n) is 8.00. The van der Waals surface area contributed by atoms with Gasteiger partial charge in [-0.2, -0.15) is 0 Å². The van der Waals surface area contributed by atoms with E-state index in [4.69, 9.17) is 4.42 Å². The highest BCUT2D eigenvalue weighted by Gasteiger charge is 2.34. The fourth-order valence-corrected chi connectivity index (χ4v) is 3.97. The van der Waals surface area contributed by atoms with Crippen LogP contribution in [-0.2, 0) is 20.8 Å². The molecule has 1 aromatic heterocycles. The van der Waals surface area contributed by atoms with Gasteiger partial charge in [0, 0.05) is 36.2 Å². The molecule has 2 aromatic carbocycles. The summed E-state index contributed by atoms with van der Waals surface area (Å²) in [5.74, 6) is -0.802. The molecule has 33 heavy (non-hydrogen) atoms. The van der Waals surface area contributed by atoms with Crippen LogP contribution >= 0.6 is 0 Å². The molecule has 3 aromatic rings. The number of aryl methyl sites for hydroxylation is 1. The molecular formula is C25H25N3O5. The number of carbonyl (C=O) groups is 3. The van der Waals surface area contributed by atoms with Crippen molar-refractivity contribution >= 4 is 34.4 Å². The van der Waals surface area contributed by atoms with Crippen LogP contribution in [0, 0.1) is 0 Å². The molecule has 0 spiro atoms. The van der Waals surface area contributed by atoms with E-state index in [1.807, 2.05) is 30.3 Å². The van der Waals surface area contributed by atoms with E-state index >= 15 is 0 Å². The molecule has 2 heterocycles. The van der Waals surface area contributed by atoms with Crippen LogP contribution in [0.3, 0.4) is 0 Å². The lowest BCUT2D eigenvalue weighted by Crippen LogP contribution is -2.47. The highest BCUT2D eigenvalue weighted by atomic mass is 16.4. The van der Waals surface area contributed by atoms with Gasteiger partial charge in [-0.25, -0.2) is 4.79 Å². The summed E-state index contributed by atoms with van der Waals surface area (Å²) >= 11 is 0. The minimum absolute atomic E-state index is 0.140. The molecule has 0 radical (unpaired) electrons. The van der Waals surface area contributed by atoms with Gasteiger partial charge < -0.3 is 20.0 Å². The smallest absolute Gasteiger partial charge is 0.336 e. The van der Waals surface area contributed by atoms with Gasteiger partial charge in [0.25, 0.3) is 0 Å². The van der Waals surface area contributed by atoms with Gasteiger partial charge in [-0.05, 0) is 43.0 Å². The Labute approximate surface area is 190 Å². The molecule has 0 saturated carbocycles. The van der Waals surface area contributed by atoms with E-state index in [9.17, 15) is 19.2 Å². The normalized spacial score (nSPS) is 15.4. The van der Waals surface area contributed by atoms with Crippen molar-refractivity contribution in [3.8, 4) is 0 Å². The number of hydrogen-bond donors (Lipinski definition) is 2. The predicted octanol–water partition coefficient (Wildman–Crippen LogP) is 2.47. The fraction of sp³-hybridized carbons (Fsp3) is 0.280. The van der Waals surface area contributed by atoms with Crippen LogP contribution in [0.15, 0.2) is 69.9 Å². The maximum Gasteiger partial charge on any atom is 0.336 e. The Kier molecular flexibility index (Phi) is 6.83. The predicted molar refractivity (Wildman–Crippen MR) is 124 cm³/mol. The van der Waals surface area contributed by atoms with E-state index in [1.54, 1.807) is 24.3 Å². The van der Waals surface area contributed by atoms with Crippen LogP contribution in [-0.4, -0.2) is 41.8 Å². The third-order valence-corrected chi connectivity index (χ3v) is 5.69. The SMILES string of the molecule is O=C(CCc1ccccc1)NCC(=O)N1CCC[C@H]1C(=O)Nc1ccc2ccc(=O)oc2c1. The molecule has 170 valence electrons. The summed E-state index contributed by atoms with van der Waals surface area (Å²) in [4.78, 5) is 50.6. The largest absolute Gasteiger partial charge is 0.423 e. The fourth-order valence-electron chi connectivity index (χ4n) is 3.97. The third kappa shape index (κ3) is 5.65. The minimum Gasteiger partial charge on any atom is -0.423 e. The molecule has 8 heteroatoms. The van der Waals surface area contributed by atoms with Crippen molar-refractivity contribution in [1.82, 2.24) is 10.2 Å². The first-order chi connectivity index (χ1) is 16.0. The lowest BCUT2D eigenvalue weighted by atomic mass is 10.1. The second-order valence-corrected chi connectivity index (χ2v) is 8.00. The molecule has 2 N–H and O–H groups in total. The Morgan fingerprint density at radius 2 is 1.82 bits per heavy atom. The zero-order valence-electron chi connectivity index (χ0n) is 18.1. The molecule has 8 nitrogen and oxygen atoms in total. The highest BCUT2D eigenvalue weighted by molar-refractivity contribution is 5.99. The first kappa shape index (κ1) is 22.3. The molecular weight excluding hydrogens is 422 g/mol. The van der Waals surface area contributed by atoms with Crippen molar-refractivity contribution in [1.29, 1.82) is 0 Å². The van der Waals surface area contributed by atoms with E-state index in [2.05, 4.69) is 10.6 Å². The number of anilines is 1. The summed E-state index contributed by atoms with van der Waals surface area (Å²) < 4.78 is 5.16. The maximum absolute atomic E-state index is 12.8. The van der Waals surface area contributed by atoms with Crippen LogP contribution in [0.4, 0.5) is 5.69 Å². The minimum atomic E-state index is -0.614. The van der Waals surface area contributed by atoms with Crippen molar-refractivity contribution < 1.29 is 18.8 Å². The number of nitrogens with one attached hydrogen (secondary N) is 2. The lowest BCUT2D eigenvalue weighted by Gasteiger charge is -2.24. The first-order valence-electron chi connectivity index (χ1n) is 10.9. The average Bonchev–Trinajstić information content (AvgIpc) is 3.32. The molecule has 3 amide bonds. The number of hydrogen-bond acceptors (Lipinski definition) is 5. The van der Waals surface area contributed by atoms with Gasteiger partial charge in [-0.15, -0.1) is 0 Å². The second kappa shape index (κ2) is 10.1. The molecule has 1 saturated heterocycles. The Hall–Kier alpha value is -3.94. The molecule has 1 aliphatic rings. The van der Waals surface area contributed by atoms with Crippen LogP contribution in [0.1, 0.15) is 24.8 Å². The molecule has 1 aliphatic heterocycles. The van der Waals surface area contributed by atoms with Crippen molar-refractivity contribution in [3.05, 3.63) is 76.6 Å².